The van der Waals surface area contributed by atoms with Crippen LogP contribution >= 0.6 is 11.3 Å². The normalized spacial score (nSPS) is 11.0. The number of benzene rings is 1. The molecule has 0 saturated heterocycles. The molecule has 1 amide bonds. The summed E-state index contributed by atoms with van der Waals surface area (Å²) >= 11 is 1.29. The predicted octanol–water partition coefficient (Wildman–Crippen LogP) is 4.90. The number of rotatable bonds is 3. The molecule has 26 heavy (non-hydrogen) atoms. The van der Waals surface area contributed by atoms with E-state index in [0.29, 0.717) is 16.3 Å². The molecule has 0 aliphatic rings. The quantitative estimate of drug-likeness (QED) is 0.558. The minimum absolute atomic E-state index is 0.00664. The number of aromatic nitrogens is 2. The summed E-state index contributed by atoms with van der Waals surface area (Å²) in [6.45, 7) is 1.90. The van der Waals surface area contributed by atoms with Crippen LogP contribution in [0, 0.1) is 18.6 Å². The van der Waals surface area contributed by atoms with Crippen LogP contribution in [0.15, 0.2) is 54.0 Å². The fourth-order valence-corrected chi connectivity index (χ4v) is 3.34. The van der Waals surface area contributed by atoms with E-state index in [4.69, 9.17) is 0 Å². The molecule has 7 heteroatoms. The number of halogens is 2. The maximum Gasteiger partial charge on any atom is 0.266 e. The van der Waals surface area contributed by atoms with Gasteiger partial charge in [0.05, 0.1) is 4.88 Å². The summed E-state index contributed by atoms with van der Waals surface area (Å²) in [7, 11) is 0. The lowest BCUT2D eigenvalue weighted by Crippen LogP contribution is -2.12. The second-order valence-corrected chi connectivity index (χ2v) is 6.72. The van der Waals surface area contributed by atoms with Crippen LogP contribution in [0.2, 0.25) is 0 Å². The van der Waals surface area contributed by atoms with Gasteiger partial charge in [0.1, 0.15) is 17.2 Å². The Hall–Kier alpha value is -3.06. The third-order valence-electron chi connectivity index (χ3n) is 3.97. The molecule has 4 nitrogen and oxygen atoms in total. The first kappa shape index (κ1) is 16.4. The van der Waals surface area contributed by atoms with Crippen molar-refractivity contribution in [3.63, 3.8) is 0 Å². The average molecular weight is 369 g/mol. The zero-order valence-corrected chi connectivity index (χ0v) is 14.5. The molecule has 1 aromatic carbocycles. The Balaban J connectivity index is 1.91. The molecule has 0 bridgehead atoms. The number of anilines is 1. The van der Waals surface area contributed by atoms with Crippen molar-refractivity contribution in [2.24, 2.45) is 0 Å². The number of amides is 1. The van der Waals surface area contributed by atoms with Crippen LogP contribution in [0.3, 0.4) is 0 Å². The van der Waals surface area contributed by atoms with Crippen molar-refractivity contribution in [1.29, 1.82) is 0 Å². The van der Waals surface area contributed by atoms with Gasteiger partial charge in [-0.15, -0.1) is 11.3 Å². The highest BCUT2D eigenvalue weighted by atomic mass is 32.1. The number of fused-ring (bicyclic) bond motifs is 1. The number of nitrogens with zero attached hydrogens (tertiary/aromatic N) is 2. The van der Waals surface area contributed by atoms with E-state index in [9.17, 15) is 13.6 Å². The van der Waals surface area contributed by atoms with E-state index in [1.165, 1.54) is 23.5 Å². The van der Waals surface area contributed by atoms with Crippen LogP contribution in [-0.2, 0) is 0 Å². The monoisotopic (exact) mass is 369 g/mol. The van der Waals surface area contributed by atoms with Crippen LogP contribution in [-0.4, -0.2) is 15.3 Å². The van der Waals surface area contributed by atoms with Crippen LogP contribution in [0.4, 0.5) is 14.6 Å². The molecule has 4 rings (SSSR count). The number of aryl methyl sites for hydroxylation is 1. The lowest BCUT2D eigenvalue weighted by molar-refractivity contribution is 0.103. The summed E-state index contributed by atoms with van der Waals surface area (Å²) in [5.74, 6) is -2.01. The number of carbonyl (C=O) groups is 1. The molecule has 0 unspecified atom stereocenters. The Labute approximate surface area is 151 Å². The highest BCUT2D eigenvalue weighted by molar-refractivity contribution is 7.12. The molecule has 0 aliphatic carbocycles. The van der Waals surface area contributed by atoms with Gasteiger partial charge in [-0.1, -0.05) is 12.1 Å². The first-order chi connectivity index (χ1) is 12.5. The minimum Gasteiger partial charge on any atom is -0.305 e. The number of pyridine rings is 1. The Kier molecular flexibility index (Phi) is 4.00. The number of hydrogen-bond acceptors (Lipinski definition) is 3. The van der Waals surface area contributed by atoms with Crippen molar-refractivity contribution in [2.75, 3.05) is 5.32 Å². The van der Waals surface area contributed by atoms with Crippen molar-refractivity contribution in [1.82, 2.24) is 9.38 Å². The maximum atomic E-state index is 14.4. The van der Waals surface area contributed by atoms with Gasteiger partial charge in [-0.3, -0.25) is 9.20 Å². The fraction of sp³-hybridized carbons (Fsp3) is 0.0526. The van der Waals surface area contributed by atoms with E-state index in [-0.39, 0.29) is 17.2 Å². The minimum atomic E-state index is -1.00. The molecule has 130 valence electrons. The topological polar surface area (TPSA) is 46.4 Å². The largest absolute Gasteiger partial charge is 0.305 e. The van der Waals surface area contributed by atoms with Gasteiger partial charge < -0.3 is 5.32 Å². The van der Waals surface area contributed by atoms with Crippen molar-refractivity contribution in [3.05, 3.63) is 76.1 Å². The van der Waals surface area contributed by atoms with Crippen molar-refractivity contribution in [3.8, 4) is 11.3 Å². The van der Waals surface area contributed by atoms with Gasteiger partial charge >= 0.3 is 0 Å². The number of carbonyl (C=O) groups excluding carboxylic acids is 1. The van der Waals surface area contributed by atoms with Crippen molar-refractivity contribution >= 4 is 28.7 Å². The van der Waals surface area contributed by atoms with E-state index in [1.54, 1.807) is 28.1 Å². The third-order valence-corrected chi connectivity index (χ3v) is 4.83. The zero-order chi connectivity index (χ0) is 18.3. The summed E-state index contributed by atoms with van der Waals surface area (Å²) in [5, 5.41) is 4.57. The Morgan fingerprint density at radius 1 is 1.19 bits per heavy atom. The third kappa shape index (κ3) is 2.76. The van der Waals surface area contributed by atoms with Crippen LogP contribution < -0.4 is 5.32 Å². The second kappa shape index (κ2) is 6.34. The van der Waals surface area contributed by atoms with Crippen LogP contribution in [0.1, 0.15) is 15.2 Å². The number of thiophene rings is 1. The number of nitrogens with one attached hydrogen (secondary N) is 1. The van der Waals surface area contributed by atoms with Gasteiger partial charge in [0, 0.05) is 11.8 Å². The Morgan fingerprint density at radius 3 is 2.81 bits per heavy atom. The Morgan fingerprint density at radius 2 is 2.04 bits per heavy atom. The SMILES string of the molecule is Cc1ccn2c(NC(=O)c3cccs3)c(-c3cccc(F)c3F)nc2c1. The summed E-state index contributed by atoms with van der Waals surface area (Å²) in [6, 6.07) is 11.0. The second-order valence-electron chi connectivity index (χ2n) is 5.77. The number of imidazole rings is 1. The average Bonchev–Trinajstić information content (AvgIpc) is 3.26. The van der Waals surface area contributed by atoms with Crippen LogP contribution in [0.5, 0.6) is 0 Å². The molecule has 0 aliphatic heterocycles. The van der Waals surface area contributed by atoms with Gasteiger partial charge in [-0.05, 0) is 48.2 Å². The van der Waals surface area contributed by atoms with Gasteiger partial charge in [-0.2, -0.15) is 0 Å². The summed E-state index contributed by atoms with van der Waals surface area (Å²) < 4.78 is 29.7. The van der Waals surface area contributed by atoms with Crippen molar-refractivity contribution in [2.45, 2.75) is 6.92 Å². The maximum absolute atomic E-state index is 14.4. The zero-order valence-electron chi connectivity index (χ0n) is 13.7. The lowest BCUT2D eigenvalue weighted by atomic mass is 10.1. The van der Waals surface area contributed by atoms with E-state index >= 15 is 0 Å². The van der Waals surface area contributed by atoms with Gasteiger partial charge in [0.25, 0.3) is 5.91 Å². The first-order valence-electron chi connectivity index (χ1n) is 7.82. The summed E-state index contributed by atoms with van der Waals surface area (Å²) in [4.78, 5) is 17.4. The Bertz CT molecular complexity index is 1120. The highest BCUT2D eigenvalue weighted by Gasteiger charge is 2.21. The molecule has 0 radical (unpaired) electrons. The molecule has 0 atom stereocenters. The molecule has 3 aromatic heterocycles. The molecular formula is C19H13F2N3OS. The molecule has 0 fully saturated rings. The molecule has 4 aromatic rings. The molecular weight excluding hydrogens is 356 g/mol. The van der Waals surface area contributed by atoms with Gasteiger partial charge in [-0.25, -0.2) is 13.8 Å². The predicted molar refractivity (Wildman–Crippen MR) is 97.6 cm³/mol. The van der Waals surface area contributed by atoms with E-state index in [0.717, 1.165) is 11.6 Å². The van der Waals surface area contributed by atoms with Gasteiger partial charge in [0.2, 0.25) is 0 Å². The van der Waals surface area contributed by atoms with E-state index in [1.807, 2.05) is 19.1 Å². The lowest BCUT2D eigenvalue weighted by Gasteiger charge is -2.08. The van der Waals surface area contributed by atoms with Gasteiger partial charge in [0.15, 0.2) is 11.6 Å². The van der Waals surface area contributed by atoms with Crippen molar-refractivity contribution < 1.29 is 13.6 Å². The number of hydrogen-bond donors (Lipinski definition) is 1. The fourth-order valence-electron chi connectivity index (χ4n) is 2.72. The van der Waals surface area contributed by atoms with E-state index in [2.05, 4.69) is 10.3 Å². The van der Waals surface area contributed by atoms with E-state index < -0.39 is 11.6 Å². The summed E-state index contributed by atoms with van der Waals surface area (Å²) in [5.41, 5.74) is 1.67. The molecule has 0 saturated carbocycles. The first-order valence-corrected chi connectivity index (χ1v) is 8.70. The molecule has 0 spiro atoms. The van der Waals surface area contributed by atoms with Crippen LogP contribution in [0.25, 0.3) is 16.9 Å². The molecule has 1 N–H and O–H groups in total. The standard InChI is InChI=1S/C19H13F2N3OS/c1-11-7-8-24-15(10-11)22-17(12-4-2-5-13(20)16(12)21)18(24)23-19(25)14-6-3-9-26-14/h2-10H,1H3,(H,23,25). The highest BCUT2D eigenvalue weighted by Crippen LogP contribution is 2.32. The molecule has 3 heterocycles. The smallest absolute Gasteiger partial charge is 0.266 e. The summed E-state index contributed by atoms with van der Waals surface area (Å²) in [6.07, 6.45) is 1.74.